The highest BCUT2D eigenvalue weighted by Gasteiger charge is 2.29. The lowest BCUT2D eigenvalue weighted by Gasteiger charge is -2.07. The number of hydrogen-bond acceptors (Lipinski definition) is 6. The molecule has 0 atom stereocenters. The smallest absolute Gasteiger partial charge is 0.310 e. The second-order valence-electron chi connectivity index (χ2n) is 5.42. The number of rotatable bonds is 6. The van der Waals surface area contributed by atoms with E-state index in [4.69, 9.17) is 0 Å². The Morgan fingerprint density at radius 1 is 1.43 bits per heavy atom. The first kappa shape index (κ1) is 14.3. The van der Waals surface area contributed by atoms with Gasteiger partial charge in [-0.25, -0.2) is 19.9 Å². The lowest BCUT2D eigenvalue weighted by atomic mass is 10.3. The van der Waals surface area contributed by atoms with Crippen LogP contribution in [0.5, 0.6) is 0 Å². The van der Waals surface area contributed by atoms with Crippen LogP contribution in [0.2, 0.25) is 0 Å². The van der Waals surface area contributed by atoms with Crippen molar-refractivity contribution in [2.45, 2.75) is 55.6 Å². The van der Waals surface area contributed by atoms with Gasteiger partial charge in [0.15, 0.2) is 10.3 Å². The first-order chi connectivity index (χ1) is 10.1. The van der Waals surface area contributed by atoms with Crippen LogP contribution in [0, 0.1) is 0 Å². The van der Waals surface area contributed by atoms with E-state index >= 15 is 0 Å². The van der Waals surface area contributed by atoms with Crippen molar-refractivity contribution in [3.05, 3.63) is 28.4 Å². The van der Waals surface area contributed by atoms with Crippen molar-refractivity contribution >= 4 is 11.8 Å². The van der Waals surface area contributed by atoms with E-state index < -0.39 is 0 Å². The number of aromatic nitrogens is 5. The molecule has 0 spiro atoms. The molecule has 2 N–H and O–H groups in total. The standard InChI is InChI=1S/C13H18N6OS/c1-8(2)14-5-9-6-15-11(16-7-9)21-13-18-17-12(20)19(13)10-3-4-10/h6-8,10,14H,3-5H2,1-2H3,(H,17,20). The fourth-order valence-corrected chi connectivity index (χ4v) is 2.70. The first-order valence-corrected chi connectivity index (χ1v) is 7.84. The summed E-state index contributed by atoms with van der Waals surface area (Å²) < 4.78 is 1.70. The molecule has 2 aromatic heterocycles. The minimum Gasteiger partial charge on any atom is -0.310 e. The van der Waals surface area contributed by atoms with E-state index in [0.717, 1.165) is 24.9 Å². The third-order valence-corrected chi connectivity index (χ3v) is 4.03. The fourth-order valence-electron chi connectivity index (χ4n) is 1.91. The lowest BCUT2D eigenvalue weighted by Crippen LogP contribution is -2.22. The Bertz CT molecular complexity index is 658. The predicted octanol–water partition coefficient (Wildman–Crippen LogP) is 1.35. The molecule has 0 radical (unpaired) electrons. The molecule has 1 aliphatic carbocycles. The summed E-state index contributed by atoms with van der Waals surface area (Å²) in [6.07, 6.45) is 5.68. The topological polar surface area (TPSA) is 88.5 Å². The van der Waals surface area contributed by atoms with Crippen molar-refractivity contribution in [3.8, 4) is 0 Å². The van der Waals surface area contributed by atoms with E-state index in [0.29, 0.717) is 16.4 Å². The summed E-state index contributed by atoms with van der Waals surface area (Å²) in [5, 5.41) is 11.1. The van der Waals surface area contributed by atoms with E-state index in [9.17, 15) is 4.79 Å². The van der Waals surface area contributed by atoms with Gasteiger partial charge in [0.25, 0.3) is 0 Å². The maximum absolute atomic E-state index is 11.7. The number of nitrogens with one attached hydrogen (secondary N) is 2. The Labute approximate surface area is 126 Å². The molecule has 0 aromatic carbocycles. The first-order valence-electron chi connectivity index (χ1n) is 7.02. The van der Waals surface area contributed by atoms with Crippen LogP contribution in [0.3, 0.4) is 0 Å². The molecule has 0 aliphatic heterocycles. The summed E-state index contributed by atoms with van der Waals surface area (Å²) in [7, 11) is 0. The molecule has 21 heavy (non-hydrogen) atoms. The second-order valence-corrected chi connectivity index (χ2v) is 6.36. The monoisotopic (exact) mass is 306 g/mol. The number of aromatic amines is 1. The zero-order valence-electron chi connectivity index (χ0n) is 12.0. The summed E-state index contributed by atoms with van der Waals surface area (Å²) in [4.78, 5) is 20.3. The van der Waals surface area contributed by atoms with Gasteiger partial charge in [0.05, 0.1) is 0 Å². The Morgan fingerprint density at radius 2 is 2.14 bits per heavy atom. The molecule has 1 aliphatic rings. The largest absolute Gasteiger partial charge is 0.344 e. The van der Waals surface area contributed by atoms with Gasteiger partial charge in [-0.05, 0) is 24.6 Å². The molecule has 7 nitrogen and oxygen atoms in total. The summed E-state index contributed by atoms with van der Waals surface area (Å²) >= 11 is 1.31. The molecule has 3 rings (SSSR count). The van der Waals surface area contributed by atoms with Crippen molar-refractivity contribution in [2.75, 3.05) is 0 Å². The normalized spacial score (nSPS) is 14.8. The highest BCUT2D eigenvalue weighted by atomic mass is 32.2. The van der Waals surface area contributed by atoms with Crippen LogP contribution in [0.15, 0.2) is 27.5 Å². The highest BCUT2D eigenvalue weighted by molar-refractivity contribution is 7.99. The van der Waals surface area contributed by atoms with Gasteiger partial charge in [0, 0.05) is 36.6 Å². The van der Waals surface area contributed by atoms with Crippen LogP contribution < -0.4 is 11.0 Å². The minimum atomic E-state index is -0.155. The molecule has 0 bridgehead atoms. The Balaban J connectivity index is 1.69. The molecule has 0 amide bonds. The van der Waals surface area contributed by atoms with Crippen molar-refractivity contribution in [3.63, 3.8) is 0 Å². The van der Waals surface area contributed by atoms with E-state index in [1.807, 2.05) is 0 Å². The number of H-pyrrole nitrogens is 1. The van der Waals surface area contributed by atoms with Crippen molar-refractivity contribution in [1.29, 1.82) is 0 Å². The maximum Gasteiger partial charge on any atom is 0.344 e. The van der Waals surface area contributed by atoms with Crippen molar-refractivity contribution in [1.82, 2.24) is 30.0 Å². The van der Waals surface area contributed by atoms with Gasteiger partial charge in [-0.2, -0.15) is 0 Å². The highest BCUT2D eigenvalue weighted by Crippen LogP contribution is 2.36. The molecule has 1 saturated carbocycles. The second kappa shape index (κ2) is 5.98. The molecular weight excluding hydrogens is 288 g/mol. The summed E-state index contributed by atoms with van der Waals surface area (Å²) in [5.41, 5.74) is 0.882. The van der Waals surface area contributed by atoms with Gasteiger partial charge in [0.2, 0.25) is 0 Å². The van der Waals surface area contributed by atoms with Crippen LogP contribution >= 0.6 is 11.8 Å². The molecule has 2 aromatic rings. The number of hydrogen-bond donors (Lipinski definition) is 2. The van der Waals surface area contributed by atoms with E-state index in [1.54, 1.807) is 17.0 Å². The van der Waals surface area contributed by atoms with Crippen molar-refractivity contribution < 1.29 is 0 Å². The molecule has 1 fully saturated rings. The van der Waals surface area contributed by atoms with E-state index in [1.165, 1.54) is 11.8 Å². The minimum absolute atomic E-state index is 0.155. The third-order valence-electron chi connectivity index (χ3n) is 3.16. The molecule has 2 heterocycles. The summed E-state index contributed by atoms with van der Waals surface area (Å²) in [5.74, 6) is 0. The van der Waals surface area contributed by atoms with Gasteiger partial charge in [-0.15, -0.1) is 5.10 Å². The third kappa shape index (κ3) is 3.51. The summed E-state index contributed by atoms with van der Waals surface area (Å²) in [6, 6.07) is 0.712. The number of nitrogens with zero attached hydrogens (tertiary/aromatic N) is 4. The van der Waals surface area contributed by atoms with Gasteiger partial charge in [-0.1, -0.05) is 13.8 Å². The van der Waals surface area contributed by atoms with Crippen LogP contribution in [-0.4, -0.2) is 30.8 Å². The van der Waals surface area contributed by atoms with Crippen LogP contribution in [0.1, 0.15) is 38.3 Å². The van der Waals surface area contributed by atoms with Gasteiger partial charge in [0.1, 0.15) is 0 Å². The van der Waals surface area contributed by atoms with Crippen LogP contribution in [0.4, 0.5) is 0 Å². The van der Waals surface area contributed by atoms with Crippen molar-refractivity contribution in [2.24, 2.45) is 0 Å². The summed E-state index contributed by atoms with van der Waals surface area (Å²) in [6.45, 7) is 4.94. The predicted molar refractivity (Wildman–Crippen MR) is 79.2 cm³/mol. The lowest BCUT2D eigenvalue weighted by molar-refractivity contribution is 0.585. The average molecular weight is 306 g/mol. The molecule has 8 heteroatoms. The zero-order chi connectivity index (χ0) is 14.8. The molecule has 0 unspecified atom stereocenters. The van der Waals surface area contributed by atoms with E-state index in [2.05, 4.69) is 39.3 Å². The molecule has 0 saturated heterocycles. The fraction of sp³-hybridized carbons (Fsp3) is 0.538. The maximum atomic E-state index is 11.7. The van der Waals surface area contributed by atoms with E-state index in [-0.39, 0.29) is 11.7 Å². The van der Waals surface area contributed by atoms with Crippen LogP contribution in [0.25, 0.3) is 0 Å². The Morgan fingerprint density at radius 3 is 2.76 bits per heavy atom. The van der Waals surface area contributed by atoms with Crippen LogP contribution in [-0.2, 0) is 6.54 Å². The van der Waals surface area contributed by atoms with Gasteiger partial charge < -0.3 is 5.32 Å². The quantitative estimate of drug-likeness (QED) is 0.783. The van der Waals surface area contributed by atoms with Gasteiger partial charge in [-0.3, -0.25) is 4.57 Å². The Kier molecular flexibility index (Phi) is 4.07. The zero-order valence-corrected chi connectivity index (χ0v) is 12.9. The Hall–Kier alpha value is -1.67. The average Bonchev–Trinajstić information content (AvgIpc) is 3.23. The SMILES string of the molecule is CC(C)NCc1cnc(Sc2n[nH]c(=O)n2C2CC2)nc1. The van der Waals surface area contributed by atoms with Gasteiger partial charge >= 0.3 is 5.69 Å². The molecular formula is C13H18N6OS. The molecule has 112 valence electrons.